The van der Waals surface area contributed by atoms with Crippen molar-refractivity contribution in [2.24, 2.45) is 10.4 Å². The second-order valence-corrected chi connectivity index (χ2v) is 6.37. The van der Waals surface area contributed by atoms with Crippen LogP contribution in [0.2, 0.25) is 0 Å². The molecule has 0 atom stereocenters. The number of hydrogen-bond donors (Lipinski definition) is 1. The number of nitrogens with zero attached hydrogens (tertiary/aromatic N) is 2. The van der Waals surface area contributed by atoms with Crippen LogP contribution in [0.3, 0.4) is 0 Å². The van der Waals surface area contributed by atoms with E-state index in [2.05, 4.69) is 49.8 Å². The van der Waals surface area contributed by atoms with Crippen molar-refractivity contribution in [2.45, 2.75) is 40.2 Å². The lowest BCUT2D eigenvalue weighted by atomic mass is 9.65. The van der Waals surface area contributed by atoms with Crippen LogP contribution in [-0.4, -0.2) is 63.0 Å². The van der Waals surface area contributed by atoms with Gasteiger partial charge in [-0.2, -0.15) is 0 Å². The second kappa shape index (κ2) is 7.27. The maximum Gasteiger partial charge on any atom is 0.194 e. The molecule has 20 heavy (non-hydrogen) atoms. The molecule has 118 valence electrons. The number of aliphatic imine (C=N–C) groups is 1. The monoisotopic (exact) mass is 285 g/mol. The zero-order valence-electron chi connectivity index (χ0n) is 14.0. The summed E-state index contributed by atoms with van der Waals surface area (Å²) in [7, 11) is 1.68. The van der Waals surface area contributed by atoms with E-state index in [1.165, 1.54) is 0 Å². The molecule has 0 saturated carbocycles. The van der Waals surface area contributed by atoms with Gasteiger partial charge in [0.2, 0.25) is 0 Å². The molecule has 1 heterocycles. The van der Waals surface area contributed by atoms with Gasteiger partial charge < -0.3 is 19.7 Å². The minimum absolute atomic E-state index is 0.130. The molecule has 0 aromatic rings. The first-order chi connectivity index (χ1) is 9.36. The third-order valence-electron chi connectivity index (χ3n) is 4.40. The summed E-state index contributed by atoms with van der Waals surface area (Å²) in [6.45, 7) is 15.8. The maximum atomic E-state index is 5.45. The Morgan fingerprint density at radius 2 is 1.90 bits per heavy atom. The van der Waals surface area contributed by atoms with Gasteiger partial charge in [-0.25, -0.2) is 0 Å². The quantitative estimate of drug-likeness (QED) is 0.440. The van der Waals surface area contributed by atoms with Crippen molar-refractivity contribution in [2.75, 3.05) is 46.6 Å². The Bertz CT molecular complexity index is 327. The summed E-state index contributed by atoms with van der Waals surface area (Å²) in [5.41, 5.74) is 0.447. The second-order valence-electron chi connectivity index (χ2n) is 6.37. The summed E-state index contributed by atoms with van der Waals surface area (Å²) < 4.78 is 10.4. The molecule has 0 amide bonds. The highest BCUT2D eigenvalue weighted by Gasteiger charge is 2.53. The zero-order chi connectivity index (χ0) is 15.2. The first-order valence-corrected chi connectivity index (χ1v) is 7.49. The van der Waals surface area contributed by atoms with Crippen molar-refractivity contribution in [3.05, 3.63) is 0 Å². The molecule has 0 spiro atoms. The van der Waals surface area contributed by atoms with E-state index in [1.54, 1.807) is 7.11 Å². The molecule has 0 bridgehead atoms. The SMILES string of the molecule is CCNC(=NCCOCCOC)N1CC(C)(C)C1(C)C. The third-order valence-corrected chi connectivity index (χ3v) is 4.40. The van der Waals surface area contributed by atoms with E-state index in [0.717, 1.165) is 19.0 Å². The lowest BCUT2D eigenvalue weighted by molar-refractivity contribution is -0.0668. The van der Waals surface area contributed by atoms with Crippen molar-refractivity contribution in [1.29, 1.82) is 0 Å². The Morgan fingerprint density at radius 1 is 1.20 bits per heavy atom. The van der Waals surface area contributed by atoms with Crippen LogP contribution in [0.1, 0.15) is 34.6 Å². The molecule has 1 aliphatic rings. The fraction of sp³-hybridized carbons (Fsp3) is 0.933. The Hall–Kier alpha value is -0.810. The van der Waals surface area contributed by atoms with Gasteiger partial charge in [0.1, 0.15) is 0 Å². The highest BCUT2D eigenvalue weighted by Crippen LogP contribution is 2.46. The number of nitrogens with one attached hydrogen (secondary N) is 1. The summed E-state index contributed by atoms with van der Waals surface area (Å²) in [5.74, 6) is 0.993. The van der Waals surface area contributed by atoms with Crippen LogP contribution >= 0.6 is 0 Å². The van der Waals surface area contributed by atoms with E-state index in [9.17, 15) is 0 Å². The number of ether oxygens (including phenoxy) is 2. The number of guanidine groups is 1. The van der Waals surface area contributed by atoms with Crippen LogP contribution in [0.4, 0.5) is 0 Å². The van der Waals surface area contributed by atoms with Crippen LogP contribution in [0.15, 0.2) is 4.99 Å². The predicted molar refractivity (Wildman–Crippen MR) is 83.2 cm³/mol. The van der Waals surface area contributed by atoms with Crippen molar-refractivity contribution in [1.82, 2.24) is 10.2 Å². The number of hydrogen-bond acceptors (Lipinski definition) is 3. The fourth-order valence-corrected chi connectivity index (χ4v) is 2.26. The minimum Gasteiger partial charge on any atom is -0.382 e. The van der Waals surface area contributed by atoms with Gasteiger partial charge >= 0.3 is 0 Å². The molecular weight excluding hydrogens is 254 g/mol. The summed E-state index contributed by atoms with van der Waals surface area (Å²) in [6, 6.07) is 0. The molecule has 5 heteroatoms. The molecule has 0 aromatic carbocycles. The normalized spacial score (nSPS) is 20.7. The smallest absolute Gasteiger partial charge is 0.194 e. The average Bonchev–Trinajstić information content (AvgIpc) is 2.39. The van der Waals surface area contributed by atoms with Gasteiger partial charge in [0.05, 0.1) is 26.4 Å². The molecule has 1 fully saturated rings. The van der Waals surface area contributed by atoms with Gasteiger partial charge in [-0.1, -0.05) is 13.8 Å². The highest BCUT2D eigenvalue weighted by atomic mass is 16.5. The van der Waals surface area contributed by atoms with Crippen LogP contribution in [0, 0.1) is 5.41 Å². The molecular formula is C15H31N3O2. The van der Waals surface area contributed by atoms with Gasteiger partial charge in [0.25, 0.3) is 0 Å². The highest BCUT2D eigenvalue weighted by molar-refractivity contribution is 5.82. The molecule has 1 aliphatic heterocycles. The maximum absolute atomic E-state index is 5.45. The third kappa shape index (κ3) is 3.85. The van der Waals surface area contributed by atoms with E-state index >= 15 is 0 Å². The molecule has 0 aliphatic carbocycles. The Labute approximate surface area is 123 Å². The van der Waals surface area contributed by atoms with Gasteiger partial charge in [-0.15, -0.1) is 0 Å². The van der Waals surface area contributed by atoms with E-state index in [1.807, 2.05) is 0 Å². The number of likely N-dealkylation sites (tertiary alicyclic amines) is 1. The lowest BCUT2D eigenvalue weighted by Gasteiger charge is -2.62. The summed E-state index contributed by atoms with van der Waals surface area (Å²) in [5, 5.41) is 3.38. The Morgan fingerprint density at radius 3 is 2.40 bits per heavy atom. The van der Waals surface area contributed by atoms with Crippen LogP contribution in [-0.2, 0) is 9.47 Å². The van der Waals surface area contributed by atoms with Gasteiger partial charge in [0.15, 0.2) is 5.96 Å². The topological polar surface area (TPSA) is 46.1 Å². The molecule has 0 aromatic heterocycles. The zero-order valence-corrected chi connectivity index (χ0v) is 14.0. The standard InChI is InChI=1S/C15H31N3O2/c1-7-16-13(17-8-9-20-11-10-19-6)18-12-14(2,3)15(18,4)5/h7-12H2,1-6H3,(H,16,17). The summed E-state index contributed by atoms with van der Waals surface area (Å²) in [6.07, 6.45) is 0. The lowest BCUT2D eigenvalue weighted by Crippen LogP contribution is -2.72. The van der Waals surface area contributed by atoms with E-state index in [-0.39, 0.29) is 5.54 Å². The first-order valence-electron chi connectivity index (χ1n) is 7.49. The van der Waals surface area contributed by atoms with Crippen LogP contribution < -0.4 is 5.32 Å². The predicted octanol–water partition coefficient (Wildman–Crippen LogP) is 1.74. The van der Waals surface area contributed by atoms with Crippen LogP contribution in [0.5, 0.6) is 0 Å². The van der Waals surface area contributed by atoms with Gasteiger partial charge in [0, 0.05) is 31.2 Å². The summed E-state index contributed by atoms with van der Waals surface area (Å²) in [4.78, 5) is 7.01. The van der Waals surface area contributed by atoms with Crippen molar-refractivity contribution in [3.8, 4) is 0 Å². The van der Waals surface area contributed by atoms with E-state index in [0.29, 0.717) is 31.8 Å². The largest absolute Gasteiger partial charge is 0.382 e. The molecule has 5 nitrogen and oxygen atoms in total. The number of methoxy groups -OCH3 is 1. The van der Waals surface area contributed by atoms with E-state index < -0.39 is 0 Å². The Kier molecular flexibility index (Phi) is 6.27. The van der Waals surface area contributed by atoms with Crippen molar-refractivity contribution < 1.29 is 9.47 Å². The fourth-order valence-electron chi connectivity index (χ4n) is 2.26. The molecule has 1 rings (SSSR count). The molecule has 0 radical (unpaired) electrons. The van der Waals surface area contributed by atoms with Gasteiger partial charge in [-0.05, 0) is 20.8 Å². The first kappa shape index (κ1) is 17.2. The Balaban J connectivity index is 2.49. The number of rotatable bonds is 7. The van der Waals surface area contributed by atoms with Crippen molar-refractivity contribution in [3.63, 3.8) is 0 Å². The minimum atomic E-state index is 0.130. The molecule has 1 N–H and O–H groups in total. The molecule has 1 saturated heterocycles. The molecule has 0 unspecified atom stereocenters. The van der Waals surface area contributed by atoms with E-state index in [4.69, 9.17) is 9.47 Å². The van der Waals surface area contributed by atoms with Crippen molar-refractivity contribution >= 4 is 5.96 Å². The average molecular weight is 285 g/mol. The summed E-state index contributed by atoms with van der Waals surface area (Å²) >= 11 is 0. The van der Waals surface area contributed by atoms with Crippen LogP contribution in [0.25, 0.3) is 0 Å². The van der Waals surface area contributed by atoms with Gasteiger partial charge in [-0.3, -0.25) is 4.99 Å².